The molecule has 134 valence electrons. The van der Waals surface area contributed by atoms with E-state index in [1.54, 1.807) is 6.08 Å². The Morgan fingerprint density at radius 2 is 1.70 bits per heavy atom. The van der Waals surface area contributed by atoms with Crippen LogP contribution in [0.1, 0.15) is 58.3 Å². The predicted molar refractivity (Wildman–Crippen MR) is 94.2 cm³/mol. The molecule has 5 nitrogen and oxygen atoms in total. The number of carbonyl (C=O) groups is 2. The summed E-state index contributed by atoms with van der Waals surface area (Å²) in [6, 6.07) is 0. The topological polar surface area (TPSA) is 66.4 Å². The minimum atomic E-state index is -0.795. The molecule has 0 rings (SSSR count). The first kappa shape index (κ1) is 21.6. The third-order valence-corrected chi connectivity index (χ3v) is 3.80. The van der Waals surface area contributed by atoms with Crippen molar-refractivity contribution in [2.24, 2.45) is 0 Å². The molecule has 0 aliphatic carbocycles. The number of aliphatic carboxylic acids is 1. The predicted octanol–water partition coefficient (Wildman–Crippen LogP) is 2.96. The van der Waals surface area contributed by atoms with Gasteiger partial charge in [-0.15, -0.1) is 0 Å². The van der Waals surface area contributed by atoms with E-state index in [1.165, 1.54) is 32.1 Å². The summed E-state index contributed by atoms with van der Waals surface area (Å²) in [5.74, 6) is -0.851. The van der Waals surface area contributed by atoms with Gasteiger partial charge in [0.25, 0.3) is 0 Å². The third-order valence-electron chi connectivity index (χ3n) is 3.80. The van der Waals surface area contributed by atoms with Crippen molar-refractivity contribution in [2.75, 3.05) is 33.7 Å². The fourth-order valence-corrected chi connectivity index (χ4v) is 2.46. The molecule has 0 saturated carbocycles. The smallest absolute Gasteiger partial charge is 0.359 e. The van der Waals surface area contributed by atoms with Gasteiger partial charge in [0, 0.05) is 13.0 Å². The van der Waals surface area contributed by atoms with Crippen LogP contribution in [0.25, 0.3) is 0 Å². The number of carboxylic acid groups (broad SMARTS) is 1. The van der Waals surface area contributed by atoms with Crippen molar-refractivity contribution in [3.63, 3.8) is 0 Å². The van der Waals surface area contributed by atoms with Crippen molar-refractivity contribution in [1.82, 2.24) is 5.32 Å². The zero-order chi connectivity index (χ0) is 17.6. The lowest BCUT2D eigenvalue weighted by molar-refractivity contribution is -0.883. The zero-order valence-corrected chi connectivity index (χ0v) is 15.1. The maximum Gasteiger partial charge on any atom is 0.359 e. The first-order valence-electron chi connectivity index (χ1n) is 8.85. The second-order valence-corrected chi connectivity index (χ2v) is 6.81. The number of nitrogens with one attached hydrogen (secondary N) is 1. The maximum absolute atomic E-state index is 11.6. The van der Waals surface area contributed by atoms with E-state index in [1.807, 2.05) is 20.2 Å². The summed E-state index contributed by atoms with van der Waals surface area (Å²) in [5.41, 5.74) is 0. The molecule has 0 aromatic heterocycles. The Morgan fingerprint density at radius 1 is 1.04 bits per heavy atom. The molecule has 1 amide bonds. The van der Waals surface area contributed by atoms with Gasteiger partial charge < -0.3 is 14.9 Å². The van der Waals surface area contributed by atoms with E-state index in [4.69, 9.17) is 5.11 Å². The maximum atomic E-state index is 11.6. The van der Waals surface area contributed by atoms with Gasteiger partial charge in [0.05, 0.1) is 20.6 Å². The fraction of sp³-hybridized carbons (Fsp3) is 0.778. The second kappa shape index (κ2) is 13.1. The van der Waals surface area contributed by atoms with Crippen LogP contribution in [0.4, 0.5) is 0 Å². The van der Waals surface area contributed by atoms with Gasteiger partial charge in [0.1, 0.15) is 0 Å². The molecule has 0 radical (unpaired) electrons. The molecule has 0 fully saturated rings. The van der Waals surface area contributed by atoms with Gasteiger partial charge in [-0.25, -0.2) is 4.79 Å². The monoisotopic (exact) mass is 327 g/mol. The first-order chi connectivity index (χ1) is 10.9. The second-order valence-electron chi connectivity index (χ2n) is 6.81. The summed E-state index contributed by atoms with van der Waals surface area (Å²) in [6.07, 6.45) is 12.9. The van der Waals surface area contributed by atoms with Crippen molar-refractivity contribution in [3.05, 3.63) is 12.2 Å². The summed E-state index contributed by atoms with van der Waals surface area (Å²) >= 11 is 0. The van der Waals surface area contributed by atoms with Gasteiger partial charge in [-0.1, -0.05) is 45.1 Å². The molecular weight excluding hydrogens is 292 g/mol. The van der Waals surface area contributed by atoms with E-state index in [0.29, 0.717) is 11.0 Å². The highest BCUT2D eigenvalue weighted by atomic mass is 16.4. The number of hydrogen-bond acceptors (Lipinski definition) is 2. The normalized spacial score (nSPS) is 11.8. The van der Waals surface area contributed by atoms with E-state index in [-0.39, 0.29) is 12.5 Å². The summed E-state index contributed by atoms with van der Waals surface area (Å²) in [7, 11) is 3.77. The Balaban J connectivity index is 3.59. The number of amides is 1. The fourth-order valence-electron chi connectivity index (χ4n) is 2.46. The van der Waals surface area contributed by atoms with Crippen LogP contribution in [-0.4, -0.2) is 55.2 Å². The van der Waals surface area contributed by atoms with E-state index in [0.717, 1.165) is 25.8 Å². The van der Waals surface area contributed by atoms with Crippen molar-refractivity contribution < 1.29 is 19.2 Å². The molecular formula is C18H35N2O3+. The van der Waals surface area contributed by atoms with Crippen LogP contribution in [-0.2, 0) is 9.59 Å². The van der Waals surface area contributed by atoms with Crippen LogP contribution in [0.3, 0.4) is 0 Å². The quantitative estimate of drug-likeness (QED) is 0.293. The SMILES string of the molecule is CCCCCCCC/C=C/C(=O)NCCC[N+](C)(C)CC(=O)O. The number of hydrogen-bond donors (Lipinski definition) is 2. The summed E-state index contributed by atoms with van der Waals surface area (Å²) < 4.78 is 0.430. The number of unbranched alkanes of at least 4 members (excludes halogenated alkanes) is 6. The van der Waals surface area contributed by atoms with Crippen LogP contribution in [0.5, 0.6) is 0 Å². The van der Waals surface area contributed by atoms with Crippen molar-refractivity contribution >= 4 is 11.9 Å². The Hall–Kier alpha value is -1.36. The van der Waals surface area contributed by atoms with Gasteiger partial charge in [-0.05, 0) is 18.9 Å². The van der Waals surface area contributed by atoms with E-state index < -0.39 is 5.97 Å². The molecule has 0 aromatic carbocycles. The number of rotatable bonds is 14. The van der Waals surface area contributed by atoms with Crippen molar-refractivity contribution in [3.8, 4) is 0 Å². The molecule has 0 aromatic rings. The van der Waals surface area contributed by atoms with Gasteiger partial charge in [0.2, 0.25) is 5.91 Å². The highest BCUT2D eigenvalue weighted by Gasteiger charge is 2.18. The summed E-state index contributed by atoms with van der Waals surface area (Å²) in [6.45, 7) is 3.63. The molecule has 0 aliphatic rings. The molecule has 0 aliphatic heterocycles. The van der Waals surface area contributed by atoms with Crippen LogP contribution in [0.2, 0.25) is 0 Å². The van der Waals surface area contributed by atoms with Crippen molar-refractivity contribution in [1.29, 1.82) is 0 Å². The Labute approximate surface area is 141 Å². The largest absolute Gasteiger partial charge is 0.477 e. The molecule has 2 N–H and O–H groups in total. The molecule has 0 unspecified atom stereocenters. The van der Waals surface area contributed by atoms with Gasteiger partial charge in [-0.3, -0.25) is 4.79 Å². The number of nitrogens with zero attached hydrogens (tertiary/aromatic N) is 1. The number of carboxylic acids is 1. The number of carbonyl (C=O) groups excluding carboxylic acids is 1. The third kappa shape index (κ3) is 15.3. The Morgan fingerprint density at radius 3 is 2.35 bits per heavy atom. The highest BCUT2D eigenvalue weighted by Crippen LogP contribution is 2.07. The lowest BCUT2D eigenvalue weighted by Gasteiger charge is -2.27. The number of allylic oxidation sites excluding steroid dienone is 1. The summed E-state index contributed by atoms with van der Waals surface area (Å²) in [5, 5.41) is 11.6. The van der Waals surface area contributed by atoms with Gasteiger partial charge in [-0.2, -0.15) is 0 Å². The van der Waals surface area contributed by atoms with Crippen LogP contribution in [0, 0.1) is 0 Å². The lowest BCUT2D eigenvalue weighted by Crippen LogP contribution is -2.45. The van der Waals surface area contributed by atoms with E-state index >= 15 is 0 Å². The molecule has 0 atom stereocenters. The minimum Gasteiger partial charge on any atom is -0.477 e. The van der Waals surface area contributed by atoms with Gasteiger partial charge >= 0.3 is 5.97 Å². The van der Waals surface area contributed by atoms with Gasteiger partial charge in [0.15, 0.2) is 6.54 Å². The summed E-state index contributed by atoms with van der Waals surface area (Å²) in [4.78, 5) is 22.3. The molecule has 0 bridgehead atoms. The number of quaternary nitrogens is 1. The Bertz CT molecular complexity index is 365. The zero-order valence-electron chi connectivity index (χ0n) is 15.1. The molecule has 5 heteroatoms. The average Bonchev–Trinajstić information content (AvgIpc) is 2.45. The standard InChI is InChI=1S/C18H34N2O3/c1-4-5-6-7-8-9-10-11-13-17(21)19-14-12-15-20(2,3)16-18(22)23/h11,13H,4-10,12,14-16H2,1-3H3,(H-,19,21,22,23)/p+1/b13-11+. The number of likely N-dealkylation sites (N-methyl/N-ethyl adjacent to an activating group) is 1. The van der Waals surface area contributed by atoms with Crippen LogP contribution >= 0.6 is 0 Å². The molecule has 0 heterocycles. The first-order valence-corrected chi connectivity index (χ1v) is 8.85. The molecule has 23 heavy (non-hydrogen) atoms. The van der Waals surface area contributed by atoms with Crippen molar-refractivity contribution in [2.45, 2.75) is 58.3 Å². The molecule has 0 saturated heterocycles. The highest BCUT2D eigenvalue weighted by molar-refractivity contribution is 5.87. The Kier molecular flexibility index (Phi) is 12.3. The molecule has 0 spiro atoms. The van der Waals surface area contributed by atoms with Crippen LogP contribution in [0.15, 0.2) is 12.2 Å². The average molecular weight is 327 g/mol. The van der Waals surface area contributed by atoms with E-state index in [2.05, 4.69) is 12.2 Å². The van der Waals surface area contributed by atoms with Crippen LogP contribution < -0.4 is 5.32 Å². The lowest BCUT2D eigenvalue weighted by atomic mass is 10.1. The minimum absolute atomic E-state index is 0.0560. The van der Waals surface area contributed by atoms with E-state index in [9.17, 15) is 9.59 Å².